The molecule has 0 aliphatic heterocycles. The molecule has 0 saturated carbocycles. The molecule has 0 spiro atoms. The van der Waals surface area contributed by atoms with Crippen LogP contribution >= 0.6 is 0 Å². The number of nitrogens with zero attached hydrogens (tertiary/aromatic N) is 2. The van der Waals surface area contributed by atoms with Crippen LogP contribution in [-0.4, -0.2) is 20.7 Å². The third kappa shape index (κ3) is 4.97. The van der Waals surface area contributed by atoms with Gasteiger partial charge in [0, 0.05) is 17.5 Å². The highest BCUT2D eigenvalue weighted by Crippen LogP contribution is 2.38. The number of benzene rings is 2. The number of nitrogens with one attached hydrogen (secondary N) is 1. The largest absolute Gasteiger partial charge is 0.451 e. The summed E-state index contributed by atoms with van der Waals surface area (Å²) < 4.78 is 83.5. The molecule has 0 amide bonds. The van der Waals surface area contributed by atoms with E-state index < -0.39 is 23.5 Å². The summed E-state index contributed by atoms with van der Waals surface area (Å²) in [5.41, 5.74) is -1.74. The van der Waals surface area contributed by atoms with Crippen molar-refractivity contribution in [2.75, 3.05) is 0 Å². The Morgan fingerprint density at radius 3 is 2.06 bits per heavy atom. The van der Waals surface area contributed by atoms with Gasteiger partial charge in [0.25, 0.3) is 0 Å². The summed E-state index contributed by atoms with van der Waals surface area (Å²) in [6.07, 6.45) is -6.28. The molecule has 11 heteroatoms. The van der Waals surface area contributed by atoms with Crippen LogP contribution in [0.1, 0.15) is 27.2 Å². The van der Waals surface area contributed by atoms with Crippen molar-refractivity contribution in [1.82, 2.24) is 15.0 Å². The monoisotopic (exact) mass is 465 g/mol. The molecular weight excluding hydrogens is 452 g/mol. The maximum atomic E-state index is 13.1. The Morgan fingerprint density at radius 2 is 1.52 bits per heavy atom. The van der Waals surface area contributed by atoms with Crippen LogP contribution in [0.4, 0.5) is 26.3 Å². The summed E-state index contributed by atoms with van der Waals surface area (Å²) in [5, 5.41) is 0. The molecule has 0 bridgehead atoms. The van der Waals surface area contributed by atoms with Gasteiger partial charge >= 0.3 is 12.4 Å². The SMILES string of the molecule is O=C(Cc1ccc(-c2ncc(-c3cc(C(F)(F)F)cc(C(F)(F)F)c3)[nH]2)cc1)c1cocn1. The van der Waals surface area contributed by atoms with Crippen LogP contribution < -0.4 is 0 Å². The van der Waals surface area contributed by atoms with Gasteiger partial charge in [0.15, 0.2) is 12.2 Å². The van der Waals surface area contributed by atoms with Crippen molar-refractivity contribution in [3.63, 3.8) is 0 Å². The Labute approximate surface area is 182 Å². The highest BCUT2D eigenvalue weighted by molar-refractivity contribution is 5.95. The summed E-state index contributed by atoms with van der Waals surface area (Å²) in [6, 6.07) is 7.89. The fourth-order valence-electron chi connectivity index (χ4n) is 3.13. The first-order valence-electron chi connectivity index (χ1n) is 9.36. The zero-order chi connectivity index (χ0) is 23.8. The maximum Gasteiger partial charge on any atom is 0.416 e. The summed E-state index contributed by atoms with van der Waals surface area (Å²) in [5.74, 6) is -0.00727. The second-order valence-corrected chi connectivity index (χ2v) is 7.11. The Bertz CT molecular complexity index is 1240. The lowest BCUT2D eigenvalue weighted by atomic mass is 10.0. The summed E-state index contributed by atoms with van der Waals surface area (Å²) >= 11 is 0. The molecule has 4 aromatic rings. The molecule has 0 aliphatic carbocycles. The van der Waals surface area contributed by atoms with Gasteiger partial charge in [0.1, 0.15) is 17.8 Å². The number of Topliss-reactive ketones (excluding diaryl/α,β-unsaturated/α-hetero) is 1. The lowest BCUT2D eigenvalue weighted by Gasteiger charge is -2.13. The Balaban J connectivity index is 1.60. The highest BCUT2D eigenvalue weighted by atomic mass is 19.4. The van der Waals surface area contributed by atoms with Gasteiger partial charge < -0.3 is 9.40 Å². The van der Waals surface area contributed by atoms with Gasteiger partial charge in [-0.3, -0.25) is 4.79 Å². The van der Waals surface area contributed by atoms with Gasteiger partial charge in [-0.1, -0.05) is 24.3 Å². The molecule has 2 aromatic heterocycles. The number of H-pyrrole nitrogens is 1. The van der Waals surface area contributed by atoms with E-state index in [1.54, 1.807) is 24.3 Å². The van der Waals surface area contributed by atoms with Crippen molar-refractivity contribution in [2.24, 2.45) is 0 Å². The van der Waals surface area contributed by atoms with Gasteiger partial charge in [0.2, 0.25) is 0 Å². The molecule has 1 N–H and O–H groups in total. The van der Waals surface area contributed by atoms with Gasteiger partial charge in [-0.25, -0.2) is 9.97 Å². The lowest BCUT2D eigenvalue weighted by molar-refractivity contribution is -0.143. The van der Waals surface area contributed by atoms with E-state index in [1.165, 1.54) is 6.26 Å². The number of imidazole rings is 1. The standard InChI is InChI=1S/C22H13F6N3O2/c23-21(24,25)15-6-14(7-16(8-15)22(26,27)28)17-9-29-20(31-17)13-3-1-12(2-4-13)5-19(32)18-10-33-11-30-18/h1-4,6-11H,5H2,(H,29,31). The molecule has 0 aliphatic rings. The number of hydrogen-bond acceptors (Lipinski definition) is 4. The van der Waals surface area contributed by atoms with Crippen LogP contribution in [0.5, 0.6) is 0 Å². The zero-order valence-electron chi connectivity index (χ0n) is 16.5. The van der Waals surface area contributed by atoms with Crippen molar-refractivity contribution < 1.29 is 35.6 Å². The number of carbonyl (C=O) groups is 1. The molecule has 0 fully saturated rings. The van der Waals surface area contributed by atoms with E-state index in [0.717, 1.165) is 12.6 Å². The molecule has 0 radical (unpaired) electrons. The summed E-state index contributed by atoms with van der Waals surface area (Å²) in [4.78, 5) is 22.7. The minimum Gasteiger partial charge on any atom is -0.451 e. The van der Waals surface area contributed by atoms with Gasteiger partial charge in [-0.2, -0.15) is 26.3 Å². The maximum absolute atomic E-state index is 13.1. The summed E-state index contributed by atoms with van der Waals surface area (Å²) in [7, 11) is 0. The predicted octanol–water partition coefficient (Wildman–Crippen LogP) is 6.19. The van der Waals surface area contributed by atoms with E-state index in [2.05, 4.69) is 15.0 Å². The van der Waals surface area contributed by atoms with Crippen LogP contribution in [0.2, 0.25) is 0 Å². The average Bonchev–Trinajstić information content (AvgIpc) is 3.45. The molecule has 2 aromatic carbocycles. The smallest absolute Gasteiger partial charge is 0.416 e. The van der Waals surface area contributed by atoms with Crippen molar-refractivity contribution >= 4 is 5.78 Å². The topological polar surface area (TPSA) is 71.8 Å². The normalized spacial score (nSPS) is 12.2. The molecule has 0 saturated heterocycles. The average molecular weight is 465 g/mol. The molecule has 5 nitrogen and oxygen atoms in total. The number of hydrogen-bond donors (Lipinski definition) is 1. The Morgan fingerprint density at radius 1 is 0.879 bits per heavy atom. The molecule has 4 rings (SSSR count). The molecule has 33 heavy (non-hydrogen) atoms. The zero-order valence-corrected chi connectivity index (χ0v) is 16.5. The third-order valence-electron chi connectivity index (χ3n) is 4.78. The van der Waals surface area contributed by atoms with E-state index in [1.807, 2.05) is 0 Å². The summed E-state index contributed by atoms with van der Waals surface area (Å²) in [6.45, 7) is 0. The third-order valence-corrected chi connectivity index (χ3v) is 4.78. The fourth-order valence-corrected chi connectivity index (χ4v) is 3.13. The van der Waals surface area contributed by atoms with E-state index >= 15 is 0 Å². The van der Waals surface area contributed by atoms with Crippen molar-refractivity contribution in [3.05, 3.63) is 83.7 Å². The van der Waals surface area contributed by atoms with Crippen molar-refractivity contribution in [1.29, 1.82) is 0 Å². The molecule has 170 valence electrons. The van der Waals surface area contributed by atoms with E-state index in [9.17, 15) is 31.1 Å². The Kier molecular flexibility index (Phi) is 5.56. The second kappa shape index (κ2) is 8.23. The first-order valence-corrected chi connectivity index (χ1v) is 9.36. The van der Waals surface area contributed by atoms with Crippen LogP contribution in [0.15, 0.2) is 65.7 Å². The van der Waals surface area contributed by atoms with E-state index in [-0.39, 0.29) is 41.0 Å². The van der Waals surface area contributed by atoms with Gasteiger partial charge in [-0.15, -0.1) is 0 Å². The molecular formula is C22H13F6N3O2. The number of halogens is 6. The Hall–Kier alpha value is -3.89. The number of carbonyl (C=O) groups excluding carboxylic acids is 1. The van der Waals surface area contributed by atoms with Crippen molar-refractivity contribution in [3.8, 4) is 22.6 Å². The van der Waals surface area contributed by atoms with Gasteiger partial charge in [0.05, 0.1) is 23.0 Å². The second-order valence-electron chi connectivity index (χ2n) is 7.11. The van der Waals surface area contributed by atoms with Crippen LogP contribution in [0, 0.1) is 0 Å². The number of aromatic nitrogens is 3. The minimum absolute atomic E-state index is 0.00751. The molecule has 0 unspecified atom stereocenters. The quantitative estimate of drug-likeness (QED) is 0.282. The van der Waals surface area contributed by atoms with Crippen LogP contribution in [0.3, 0.4) is 0 Å². The van der Waals surface area contributed by atoms with E-state index in [0.29, 0.717) is 23.3 Å². The van der Waals surface area contributed by atoms with Crippen molar-refractivity contribution in [2.45, 2.75) is 18.8 Å². The molecule has 2 heterocycles. The van der Waals surface area contributed by atoms with Crippen LogP contribution in [-0.2, 0) is 18.8 Å². The van der Waals surface area contributed by atoms with E-state index in [4.69, 9.17) is 4.42 Å². The predicted molar refractivity (Wildman–Crippen MR) is 104 cm³/mol. The number of alkyl halides is 6. The number of ketones is 1. The first-order chi connectivity index (χ1) is 15.5. The van der Waals surface area contributed by atoms with Gasteiger partial charge in [-0.05, 0) is 23.8 Å². The number of rotatable bonds is 5. The first kappa shape index (κ1) is 22.3. The fraction of sp³-hybridized carbons (Fsp3) is 0.136. The highest BCUT2D eigenvalue weighted by Gasteiger charge is 2.37. The minimum atomic E-state index is -4.95. The number of oxazole rings is 1. The number of aromatic amines is 1. The molecule has 0 atom stereocenters. The lowest BCUT2D eigenvalue weighted by Crippen LogP contribution is -2.11. The van der Waals surface area contributed by atoms with Crippen LogP contribution in [0.25, 0.3) is 22.6 Å².